The summed E-state index contributed by atoms with van der Waals surface area (Å²) < 4.78 is 32.1. The molecule has 34 heavy (non-hydrogen) atoms. The fourth-order valence-electron chi connectivity index (χ4n) is 3.76. The molecule has 0 saturated carbocycles. The summed E-state index contributed by atoms with van der Waals surface area (Å²) in [4.78, 5) is 9.37. The molecule has 5 aromatic rings. The van der Waals surface area contributed by atoms with Crippen LogP contribution in [-0.2, 0) is 13.0 Å². The third-order valence-electron chi connectivity index (χ3n) is 5.42. The van der Waals surface area contributed by atoms with Crippen molar-refractivity contribution in [3.05, 3.63) is 65.5 Å². The third kappa shape index (κ3) is 3.91. The van der Waals surface area contributed by atoms with E-state index in [0.29, 0.717) is 58.5 Å². The van der Waals surface area contributed by atoms with Crippen molar-refractivity contribution < 1.29 is 18.6 Å². The van der Waals surface area contributed by atoms with Crippen LogP contribution in [0.1, 0.15) is 17.0 Å². The first-order valence-corrected chi connectivity index (χ1v) is 10.4. The summed E-state index contributed by atoms with van der Waals surface area (Å²) in [6.07, 6.45) is 3.94. The van der Waals surface area contributed by atoms with Crippen LogP contribution in [0.25, 0.3) is 16.6 Å². The summed E-state index contributed by atoms with van der Waals surface area (Å²) in [5.41, 5.74) is 2.76. The second-order valence-corrected chi connectivity index (χ2v) is 7.52. The SMILES string of the molecule is COc1ccc(CNc2nc3c(OC)cc(F)cc3c3nc(Cc4cn[nH]c4)nn23)c(OC)c1. The highest BCUT2D eigenvalue weighted by Crippen LogP contribution is 2.31. The molecule has 0 bridgehead atoms. The summed E-state index contributed by atoms with van der Waals surface area (Å²) in [7, 11) is 4.68. The Kier molecular flexibility index (Phi) is 5.58. The second-order valence-electron chi connectivity index (χ2n) is 7.52. The molecule has 2 aromatic carbocycles. The summed E-state index contributed by atoms with van der Waals surface area (Å²) >= 11 is 0. The average Bonchev–Trinajstić information content (AvgIpc) is 3.52. The van der Waals surface area contributed by atoms with E-state index in [2.05, 4.69) is 25.6 Å². The van der Waals surface area contributed by atoms with Crippen LogP contribution in [0.2, 0.25) is 0 Å². The van der Waals surface area contributed by atoms with Crippen molar-refractivity contribution in [3.8, 4) is 17.2 Å². The molecule has 0 unspecified atom stereocenters. The van der Waals surface area contributed by atoms with Gasteiger partial charge in [-0.05, 0) is 23.8 Å². The summed E-state index contributed by atoms with van der Waals surface area (Å²) in [6, 6.07) is 8.25. The number of fused-ring (bicyclic) bond motifs is 3. The first-order chi connectivity index (χ1) is 16.6. The second kappa shape index (κ2) is 8.85. The number of nitrogens with zero attached hydrogens (tertiary/aromatic N) is 5. The standard InChI is InChI=1S/C23H22FN7O3/c1-32-16-5-4-14(18(9-16)33-2)12-25-23-29-21-17(7-15(24)8-19(21)34-3)22-28-20(30-31(22)23)6-13-10-26-27-11-13/h4-5,7-11H,6,12H2,1-3H3,(H,25,29)(H,26,27). The number of rotatable bonds is 8. The minimum Gasteiger partial charge on any atom is -0.497 e. The van der Waals surface area contributed by atoms with Crippen LogP contribution < -0.4 is 19.5 Å². The van der Waals surface area contributed by atoms with E-state index in [9.17, 15) is 4.39 Å². The van der Waals surface area contributed by atoms with Crippen molar-refractivity contribution in [2.24, 2.45) is 0 Å². The van der Waals surface area contributed by atoms with Crippen LogP contribution in [0.4, 0.5) is 10.3 Å². The van der Waals surface area contributed by atoms with E-state index in [4.69, 9.17) is 19.2 Å². The Hall–Kier alpha value is -4.41. The van der Waals surface area contributed by atoms with Crippen LogP contribution in [0.5, 0.6) is 17.2 Å². The van der Waals surface area contributed by atoms with Gasteiger partial charge in [0.25, 0.3) is 0 Å². The molecular weight excluding hydrogens is 441 g/mol. The minimum absolute atomic E-state index is 0.307. The van der Waals surface area contributed by atoms with Gasteiger partial charge in [0.05, 0.1) is 32.9 Å². The quantitative estimate of drug-likeness (QED) is 0.360. The summed E-state index contributed by atoms with van der Waals surface area (Å²) in [6.45, 7) is 0.390. The summed E-state index contributed by atoms with van der Waals surface area (Å²) in [5, 5.41) is 15.2. The number of ether oxygens (including phenoxy) is 3. The Bertz CT molecular complexity index is 1470. The van der Waals surface area contributed by atoms with Crippen molar-refractivity contribution in [1.29, 1.82) is 0 Å². The van der Waals surface area contributed by atoms with Crippen molar-refractivity contribution in [2.75, 3.05) is 26.6 Å². The molecule has 0 fully saturated rings. The molecule has 0 aliphatic carbocycles. The van der Waals surface area contributed by atoms with Crippen LogP contribution in [-0.4, -0.2) is 51.1 Å². The Morgan fingerprint density at radius 1 is 1.03 bits per heavy atom. The van der Waals surface area contributed by atoms with Crippen molar-refractivity contribution in [2.45, 2.75) is 13.0 Å². The lowest BCUT2D eigenvalue weighted by Crippen LogP contribution is -2.09. The number of anilines is 1. The molecule has 0 spiro atoms. The Morgan fingerprint density at radius 2 is 1.88 bits per heavy atom. The van der Waals surface area contributed by atoms with Gasteiger partial charge in [0.1, 0.15) is 28.6 Å². The number of benzene rings is 2. The largest absolute Gasteiger partial charge is 0.497 e. The number of hydrogen-bond donors (Lipinski definition) is 2. The van der Waals surface area contributed by atoms with Crippen LogP contribution in [0.3, 0.4) is 0 Å². The van der Waals surface area contributed by atoms with Crippen LogP contribution in [0.15, 0.2) is 42.7 Å². The van der Waals surface area contributed by atoms with E-state index in [-0.39, 0.29) is 0 Å². The molecule has 0 aliphatic heterocycles. The van der Waals surface area contributed by atoms with E-state index < -0.39 is 5.82 Å². The van der Waals surface area contributed by atoms with Gasteiger partial charge in [-0.2, -0.15) is 9.61 Å². The highest BCUT2D eigenvalue weighted by atomic mass is 19.1. The topological polar surface area (TPSA) is 111 Å². The molecule has 0 radical (unpaired) electrons. The first kappa shape index (κ1) is 21.4. The zero-order valence-corrected chi connectivity index (χ0v) is 18.8. The Labute approximate surface area is 193 Å². The molecule has 3 aromatic heterocycles. The van der Waals surface area contributed by atoms with Gasteiger partial charge in [-0.25, -0.2) is 14.4 Å². The lowest BCUT2D eigenvalue weighted by Gasteiger charge is -2.13. The van der Waals surface area contributed by atoms with E-state index in [1.807, 2.05) is 18.2 Å². The lowest BCUT2D eigenvalue weighted by atomic mass is 10.2. The van der Waals surface area contributed by atoms with Crippen LogP contribution in [0, 0.1) is 5.82 Å². The minimum atomic E-state index is -0.448. The predicted molar refractivity (Wildman–Crippen MR) is 123 cm³/mol. The maximum Gasteiger partial charge on any atom is 0.226 e. The average molecular weight is 463 g/mol. The number of aromatic amines is 1. The maximum absolute atomic E-state index is 14.3. The van der Waals surface area contributed by atoms with Crippen molar-refractivity contribution in [3.63, 3.8) is 0 Å². The van der Waals surface area contributed by atoms with Gasteiger partial charge in [0, 0.05) is 36.9 Å². The van der Waals surface area contributed by atoms with Gasteiger partial charge in [-0.15, -0.1) is 5.10 Å². The molecule has 0 aliphatic rings. The number of H-pyrrole nitrogens is 1. The van der Waals surface area contributed by atoms with Gasteiger partial charge >= 0.3 is 0 Å². The molecule has 5 rings (SSSR count). The number of nitrogens with one attached hydrogen (secondary N) is 2. The van der Waals surface area contributed by atoms with Gasteiger partial charge in [0.2, 0.25) is 5.95 Å². The van der Waals surface area contributed by atoms with E-state index in [0.717, 1.165) is 11.1 Å². The zero-order chi connectivity index (χ0) is 23.7. The number of methoxy groups -OCH3 is 3. The van der Waals surface area contributed by atoms with Gasteiger partial charge in [0.15, 0.2) is 11.5 Å². The molecular formula is C23H22FN7O3. The third-order valence-corrected chi connectivity index (χ3v) is 5.42. The highest BCUT2D eigenvalue weighted by molar-refractivity contribution is 5.96. The van der Waals surface area contributed by atoms with Crippen molar-refractivity contribution >= 4 is 22.5 Å². The first-order valence-electron chi connectivity index (χ1n) is 10.4. The number of halogens is 1. The highest BCUT2D eigenvalue weighted by Gasteiger charge is 2.18. The fraction of sp³-hybridized carbons (Fsp3) is 0.217. The lowest BCUT2D eigenvalue weighted by molar-refractivity contribution is 0.391. The van der Waals surface area contributed by atoms with Crippen LogP contribution >= 0.6 is 0 Å². The molecule has 0 saturated heterocycles. The molecule has 10 nitrogen and oxygen atoms in total. The Balaban J connectivity index is 1.60. The van der Waals surface area contributed by atoms with Gasteiger partial charge < -0.3 is 19.5 Å². The maximum atomic E-state index is 14.3. The molecule has 11 heteroatoms. The normalized spacial score (nSPS) is 11.2. The predicted octanol–water partition coefficient (Wildman–Crippen LogP) is 3.37. The van der Waals surface area contributed by atoms with E-state index in [1.165, 1.54) is 19.2 Å². The van der Waals surface area contributed by atoms with Gasteiger partial charge in [-0.3, -0.25) is 5.10 Å². The molecule has 0 amide bonds. The van der Waals surface area contributed by atoms with E-state index >= 15 is 0 Å². The Morgan fingerprint density at radius 3 is 2.62 bits per heavy atom. The number of hydrogen-bond acceptors (Lipinski definition) is 8. The van der Waals surface area contributed by atoms with Crippen molar-refractivity contribution in [1.82, 2.24) is 29.8 Å². The van der Waals surface area contributed by atoms with Gasteiger partial charge in [-0.1, -0.05) is 0 Å². The molecule has 0 atom stereocenters. The summed E-state index contributed by atoms with van der Waals surface area (Å²) in [5.74, 6) is 2.19. The van der Waals surface area contributed by atoms with E-state index in [1.54, 1.807) is 31.1 Å². The number of aromatic nitrogens is 6. The monoisotopic (exact) mass is 463 g/mol. The zero-order valence-electron chi connectivity index (χ0n) is 18.8. The smallest absolute Gasteiger partial charge is 0.226 e. The molecule has 3 heterocycles. The molecule has 174 valence electrons. The molecule has 2 N–H and O–H groups in total. The fourth-order valence-corrected chi connectivity index (χ4v) is 3.76.